The highest BCUT2D eigenvalue weighted by Crippen LogP contribution is 2.34. The van der Waals surface area contributed by atoms with Crippen molar-refractivity contribution in [1.82, 2.24) is 0 Å². The van der Waals surface area contributed by atoms with Gasteiger partial charge in [-0.15, -0.1) is 0 Å². The van der Waals surface area contributed by atoms with Gasteiger partial charge in [0.1, 0.15) is 5.82 Å². The lowest BCUT2D eigenvalue weighted by atomic mass is 10.1. The van der Waals surface area contributed by atoms with Crippen LogP contribution in [0.2, 0.25) is 0 Å². The smallest absolute Gasteiger partial charge is 0.366 e. The van der Waals surface area contributed by atoms with Crippen LogP contribution in [0.25, 0.3) is 0 Å². The minimum atomic E-state index is -4.65. The fraction of sp³-hybridized carbons (Fsp3) is 0.125. The number of nitrogens with two attached hydrogens (primary N) is 1. The van der Waals surface area contributed by atoms with Crippen molar-refractivity contribution in [2.75, 3.05) is 0 Å². The molecule has 1 rings (SSSR count). The molecule has 0 aliphatic heterocycles. The normalized spacial score (nSPS) is 11.5. The zero-order chi connectivity index (χ0) is 11.8. The van der Waals surface area contributed by atoms with Gasteiger partial charge in [-0.2, -0.15) is 13.2 Å². The van der Waals surface area contributed by atoms with Crippen LogP contribution in [0.5, 0.6) is 0 Å². The predicted molar refractivity (Wildman–Crippen MR) is 52.6 cm³/mol. The van der Waals surface area contributed by atoms with Crippen LogP contribution in [-0.2, 0) is 6.18 Å². The number of hydrogen-bond acceptors (Lipinski definition) is 1. The second kappa shape index (κ2) is 3.95. The van der Waals surface area contributed by atoms with Crippen LogP contribution >= 0.6 is 22.6 Å². The Morgan fingerprint density at radius 3 is 2.27 bits per heavy atom. The highest BCUT2D eigenvalue weighted by atomic mass is 127. The molecule has 0 saturated carbocycles. The van der Waals surface area contributed by atoms with Gasteiger partial charge in [-0.1, -0.05) is 0 Å². The lowest BCUT2D eigenvalue weighted by Crippen LogP contribution is -2.17. The fourth-order valence-electron chi connectivity index (χ4n) is 0.959. The quantitative estimate of drug-likeness (QED) is 0.623. The minimum absolute atomic E-state index is 0.549. The van der Waals surface area contributed by atoms with Gasteiger partial charge in [0.05, 0.1) is 14.7 Å². The van der Waals surface area contributed by atoms with E-state index in [1.165, 1.54) is 22.6 Å². The van der Waals surface area contributed by atoms with Crippen LogP contribution in [0.15, 0.2) is 12.1 Å². The van der Waals surface area contributed by atoms with Gasteiger partial charge in [-0.05, 0) is 34.7 Å². The highest BCUT2D eigenvalue weighted by Gasteiger charge is 2.34. The number of carbonyl (C=O) groups is 1. The van der Waals surface area contributed by atoms with Crippen molar-refractivity contribution in [2.45, 2.75) is 6.18 Å². The average molecular weight is 333 g/mol. The van der Waals surface area contributed by atoms with Gasteiger partial charge in [0.2, 0.25) is 0 Å². The summed E-state index contributed by atoms with van der Waals surface area (Å²) in [6.45, 7) is 0. The van der Waals surface area contributed by atoms with Gasteiger partial charge >= 0.3 is 6.18 Å². The third kappa shape index (κ3) is 2.39. The van der Waals surface area contributed by atoms with Gasteiger partial charge in [-0.25, -0.2) is 4.39 Å². The summed E-state index contributed by atoms with van der Waals surface area (Å²) in [6, 6.07) is 1.35. The Morgan fingerprint density at radius 1 is 1.33 bits per heavy atom. The van der Waals surface area contributed by atoms with Crippen LogP contribution < -0.4 is 5.73 Å². The largest absolute Gasteiger partial charge is 0.417 e. The number of carbonyl (C=O) groups excluding carboxylic acids is 1. The zero-order valence-electron chi connectivity index (χ0n) is 7.03. The molecule has 1 amide bonds. The number of alkyl halides is 3. The Balaban J connectivity index is 3.41. The van der Waals surface area contributed by atoms with Gasteiger partial charge in [0, 0.05) is 0 Å². The number of amides is 1. The molecule has 0 fully saturated rings. The van der Waals surface area contributed by atoms with Crippen molar-refractivity contribution in [3.05, 3.63) is 32.6 Å². The molecule has 82 valence electrons. The SMILES string of the molecule is NC(=O)c1ccc(C(F)(F)F)c(I)c1F. The molecule has 2 nitrogen and oxygen atoms in total. The topological polar surface area (TPSA) is 43.1 Å². The molecule has 1 aromatic carbocycles. The van der Waals surface area contributed by atoms with E-state index >= 15 is 0 Å². The monoisotopic (exact) mass is 333 g/mol. The van der Waals surface area contributed by atoms with Crippen LogP contribution in [-0.4, -0.2) is 5.91 Å². The first kappa shape index (κ1) is 12.2. The van der Waals surface area contributed by atoms with Crippen molar-refractivity contribution in [1.29, 1.82) is 0 Å². The molecule has 0 radical (unpaired) electrons. The Labute approximate surface area is 95.6 Å². The molecule has 0 saturated heterocycles. The molecule has 0 unspecified atom stereocenters. The molecule has 0 aliphatic carbocycles. The molecular weight excluding hydrogens is 329 g/mol. The maximum Gasteiger partial charge on any atom is 0.417 e. The summed E-state index contributed by atoms with van der Waals surface area (Å²) < 4.78 is 49.4. The molecule has 15 heavy (non-hydrogen) atoms. The van der Waals surface area contributed by atoms with Crippen LogP contribution in [0.3, 0.4) is 0 Å². The molecule has 0 atom stereocenters. The summed E-state index contributed by atoms with van der Waals surface area (Å²) in [5.74, 6) is -2.34. The lowest BCUT2D eigenvalue weighted by Gasteiger charge is -2.10. The summed E-state index contributed by atoms with van der Waals surface area (Å²) in [4.78, 5) is 10.6. The van der Waals surface area contributed by atoms with Crippen molar-refractivity contribution >= 4 is 28.5 Å². The van der Waals surface area contributed by atoms with Gasteiger partial charge in [0.15, 0.2) is 0 Å². The summed E-state index contributed by atoms with van der Waals surface area (Å²) in [7, 11) is 0. The van der Waals surface area contributed by atoms with Crippen molar-refractivity contribution in [3.8, 4) is 0 Å². The summed E-state index contributed by atoms with van der Waals surface area (Å²) in [5.41, 5.74) is 3.11. The van der Waals surface area contributed by atoms with E-state index in [1.54, 1.807) is 0 Å². The molecule has 0 bridgehead atoms. The van der Waals surface area contributed by atoms with Crippen molar-refractivity contribution < 1.29 is 22.4 Å². The van der Waals surface area contributed by atoms with E-state index in [4.69, 9.17) is 5.73 Å². The molecule has 0 aromatic heterocycles. The third-order valence-corrected chi connectivity index (χ3v) is 2.71. The number of halogens is 5. The highest BCUT2D eigenvalue weighted by molar-refractivity contribution is 14.1. The first-order chi connectivity index (χ1) is 6.75. The lowest BCUT2D eigenvalue weighted by molar-refractivity contribution is -0.138. The Morgan fingerprint density at radius 2 is 1.87 bits per heavy atom. The maximum absolute atomic E-state index is 13.2. The number of primary amides is 1. The van der Waals surface area contributed by atoms with E-state index in [0.717, 1.165) is 6.07 Å². The predicted octanol–water partition coefficient (Wildman–Crippen LogP) is 2.55. The molecule has 0 spiro atoms. The first-order valence-corrected chi connectivity index (χ1v) is 4.68. The Kier molecular flexibility index (Phi) is 3.22. The number of rotatable bonds is 1. The summed E-state index contributed by atoms with van der Waals surface area (Å²) in [6.07, 6.45) is -4.65. The van der Waals surface area contributed by atoms with E-state index in [2.05, 4.69) is 0 Å². The summed E-state index contributed by atoms with van der Waals surface area (Å²) >= 11 is 1.19. The molecule has 2 N–H and O–H groups in total. The maximum atomic E-state index is 13.2. The second-order valence-corrected chi connectivity index (χ2v) is 3.73. The molecule has 1 aromatic rings. The summed E-state index contributed by atoms with van der Waals surface area (Å²) in [5, 5.41) is 0. The van der Waals surface area contributed by atoms with Crippen LogP contribution in [0, 0.1) is 9.39 Å². The fourth-order valence-corrected chi connectivity index (χ4v) is 1.73. The van der Waals surface area contributed by atoms with Gasteiger partial charge in [-0.3, -0.25) is 4.79 Å². The van der Waals surface area contributed by atoms with E-state index in [0.29, 0.717) is 6.07 Å². The second-order valence-electron chi connectivity index (χ2n) is 2.65. The first-order valence-electron chi connectivity index (χ1n) is 3.60. The van der Waals surface area contributed by atoms with E-state index in [1.807, 2.05) is 0 Å². The Bertz CT molecular complexity index is 416. The molecule has 0 aliphatic rings. The van der Waals surface area contributed by atoms with E-state index in [-0.39, 0.29) is 0 Å². The van der Waals surface area contributed by atoms with Crippen LogP contribution in [0.4, 0.5) is 17.6 Å². The number of hydrogen-bond donors (Lipinski definition) is 1. The standard InChI is InChI=1S/C8H4F4INO/c9-5-3(7(14)15)1-2-4(6(5)13)8(10,11)12/h1-2H,(H2,14,15). The molecule has 7 heteroatoms. The van der Waals surface area contributed by atoms with E-state index < -0.39 is 32.6 Å². The van der Waals surface area contributed by atoms with Crippen LogP contribution in [0.1, 0.15) is 15.9 Å². The zero-order valence-corrected chi connectivity index (χ0v) is 9.19. The number of benzene rings is 1. The molecular formula is C8H4F4INO. The van der Waals surface area contributed by atoms with E-state index in [9.17, 15) is 22.4 Å². The van der Waals surface area contributed by atoms with Gasteiger partial charge < -0.3 is 5.73 Å². The van der Waals surface area contributed by atoms with Crippen molar-refractivity contribution in [2.24, 2.45) is 5.73 Å². The van der Waals surface area contributed by atoms with Crippen molar-refractivity contribution in [3.63, 3.8) is 0 Å². The Hall–Kier alpha value is -0.860. The minimum Gasteiger partial charge on any atom is -0.366 e. The third-order valence-electron chi connectivity index (χ3n) is 1.65. The average Bonchev–Trinajstić information content (AvgIpc) is 2.06. The molecule has 0 heterocycles. The van der Waals surface area contributed by atoms with Gasteiger partial charge in [0.25, 0.3) is 5.91 Å².